The van der Waals surface area contributed by atoms with Gasteiger partial charge in [-0.3, -0.25) is 0 Å². The molecule has 0 amide bonds. The van der Waals surface area contributed by atoms with E-state index in [1.807, 2.05) is 26.0 Å². The molecule has 4 N–H and O–H groups in total. The summed E-state index contributed by atoms with van der Waals surface area (Å²) in [7, 11) is 0. The fraction of sp³-hybridized carbons (Fsp3) is 0.692. The van der Waals surface area contributed by atoms with Gasteiger partial charge in [0.15, 0.2) is 6.29 Å². The second kappa shape index (κ2) is 10.8. The third-order valence-corrected chi connectivity index (χ3v) is 7.18. The van der Waals surface area contributed by atoms with E-state index < -0.39 is 42.9 Å². The Balaban J connectivity index is 2.03. The van der Waals surface area contributed by atoms with E-state index in [2.05, 4.69) is 46.1 Å². The molecule has 2 rings (SSSR count). The molecule has 6 heteroatoms. The average molecular weight is 451 g/mol. The molecule has 32 heavy (non-hydrogen) atoms. The van der Waals surface area contributed by atoms with Crippen LogP contribution in [0.5, 0.6) is 0 Å². The van der Waals surface area contributed by atoms with Crippen LogP contribution < -0.4 is 0 Å². The molecule has 2 fully saturated rings. The second-order valence-electron chi connectivity index (χ2n) is 10.3. The summed E-state index contributed by atoms with van der Waals surface area (Å²) in [5, 5.41) is 39.4. The Morgan fingerprint density at radius 2 is 1.84 bits per heavy atom. The van der Waals surface area contributed by atoms with Gasteiger partial charge in [0.25, 0.3) is 0 Å². The van der Waals surface area contributed by atoms with Gasteiger partial charge in [-0.1, -0.05) is 49.0 Å². The number of hydrogen-bond donors (Lipinski definition) is 4. The highest BCUT2D eigenvalue weighted by atomic mass is 16.7. The predicted octanol–water partition coefficient (Wildman–Crippen LogP) is 3.27. The highest BCUT2D eigenvalue weighted by Gasteiger charge is 2.45. The number of aliphatic hydroxyl groups excluding tert-OH is 4. The van der Waals surface area contributed by atoms with E-state index in [4.69, 9.17) is 9.47 Å². The fourth-order valence-electron chi connectivity index (χ4n) is 4.82. The summed E-state index contributed by atoms with van der Waals surface area (Å²) in [6, 6.07) is 0. The van der Waals surface area contributed by atoms with Crippen molar-refractivity contribution in [2.75, 3.05) is 6.61 Å². The van der Waals surface area contributed by atoms with Gasteiger partial charge in [0.2, 0.25) is 0 Å². The van der Waals surface area contributed by atoms with Gasteiger partial charge in [0, 0.05) is 0 Å². The smallest absolute Gasteiger partial charge is 0.187 e. The minimum absolute atomic E-state index is 0.0969. The van der Waals surface area contributed by atoms with E-state index in [9.17, 15) is 20.4 Å². The third-order valence-electron chi connectivity index (χ3n) is 7.18. The minimum atomic E-state index is -1.46. The van der Waals surface area contributed by atoms with Gasteiger partial charge >= 0.3 is 0 Å². The molecule has 0 unspecified atom stereocenters. The zero-order valence-corrected chi connectivity index (χ0v) is 20.2. The second-order valence-corrected chi connectivity index (χ2v) is 10.3. The van der Waals surface area contributed by atoms with Gasteiger partial charge in [-0.25, -0.2) is 0 Å². The lowest BCUT2D eigenvalue weighted by Crippen LogP contribution is -2.60. The zero-order valence-electron chi connectivity index (χ0n) is 20.2. The number of ether oxygens (including phenoxy) is 2. The van der Waals surface area contributed by atoms with Crippen LogP contribution in [0.1, 0.15) is 53.9 Å². The Morgan fingerprint density at radius 1 is 1.19 bits per heavy atom. The van der Waals surface area contributed by atoms with Crippen LogP contribution in [0.4, 0.5) is 0 Å². The van der Waals surface area contributed by atoms with E-state index in [1.54, 1.807) is 0 Å². The van der Waals surface area contributed by atoms with Crippen LogP contribution in [0, 0.1) is 17.3 Å². The topological polar surface area (TPSA) is 99.4 Å². The first-order valence-corrected chi connectivity index (χ1v) is 11.5. The van der Waals surface area contributed by atoms with Gasteiger partial charge in [-0.2, -0.15) is 0 Å². The summed E-state index contributed by atoms with van der Waals surface area (Å²) >= 11 is 0. The molecule has 0 aromatic heterocycles. The summed E-state index contributed by atoms with van der Waals surface area (Å²) in [5.74, 6) is 0.890. The first-order chi connectivity index (χ1) is 14.8. The largest absolute Gasteiger partial charge is 0.394 e. The van der Waals surface area contributed by atoms with Crippen LogP contribution in [0.3, 0.4) is 0 Å². The van der Waals surface area contributed by atoms with Crippen LogP contribution >= 0.6 is 0 Å². The monoisotopic (exact) mass is 450 g/mol. The lowest BCUT2D eigenvalue weighted by atomic mass is 9.61. The van der Waals surface area contributed by atoms with Crippen molar-refractivity contribution in [3.8, 4) is 0 Å². The van der Waals surface area contributed by atoms with E-state index in [1.165, 1.54) is 11.1 Å². The number of aliphatic hydroxyl groups is 4. The highest BCUT2D eigenvalue weighted by Crippen LogP contribution is 2.48. The molecule has 0 aromatic carbocycles. The maximum atomic E-state index is 10.2. The molecule has 8 atom stereocenters. The lowest BCUT2D eigenvalue weighted by Gasteiger charge is -2.43. The molecule has 0 spiro atoms. The van der Waals surface area contributed by atoms with Crippen molar-refractivity contribution >= 4 is 0 Å². The van der Waals surface area contributed by atoms with Crippen LogP contribution in [0.25, 0.3) is 0 Å². The predicted molar refractivity (Wildman–Crippen MR) is 126 cm³/mol. The Morgan fingerprint density at radius 3 is 2.41 bits per heavy atom. The van der Waals surface area contributed by atoms with E-state index >= 15 is 0 Å². The number of allylic oxidation sites excluding steroid dienone is 5. The summed E-state index contributed by atoms with van der Waals surface area (Å²) in [6.45, 7) is 17.9. The van der Waals surface area contributed by atoms with Crippen molar-refractivity contribution in [1.82, 2.24) is 0 Å². The molecule has 2 aliphatic rings. The van der Waals surface area contributed by atoms with Gasteiger partial charge in [-0.15, -0.1) is 6.58 Å². The molecule has 182 valence electrons. The fourth-order valence-corrected chi connectivity index (χ4v) is 4.82. The normalized spacial score (nSPS) is 39.3. The molecular formula is C26H42O6. The molecule has 6 nitrogen and oxygen atoms in total. The van der Waals surface area contributed by atoms with Crippen LogP contribution in [0.2, 0.25) is 0 Å². The lowest BCUT2D eigenvalue weighted by molar-refractivity contribution is -0.317. The van der Waals surface area contributed by atoms with Crippen molar-refractivity contribution in [2.45, 2.75) is 90.2 Å². The molecule has 1 saturated carbocycles. The van der Waals surface area contributed by atoms with E-state index in [0.29, 0.717) is 11.8 Å². The maximum absolute atomic E-state index is 10.2. The summed E-state index contributed by atoms with van der Waals surface area (Å²) in [6.07, 6.45) is 4.79. The molecule has 1 aliphatic heterocycles. The van der Waals surface area contributed by atoms with Gasteiger partial charge in [0.05, 0.1) is 12.2 Å². The third kappa shape index (κ3) is 6.19. The van der Waals surface area contributed by atoms with Gasteiger partial charge < -0.3 is 29.9 Å². The highest BCUT2D eigenvalue weighted by molar-refractivity contribution is 5.20. The Labute approximate surface area is 192 Å². The Kier molecular flexibility index (Phi) is 9.07. The van der Waals surface area contributed by atoms with Crippen LogP contribution in [-0.4, -0.2) is 63.3 Å². The molecule has 0 radical (unpaired) electrons. The quantitative estimate of drug-likeness (QED) is 0.335. The van der Waals surface area contributed by atoms with Gasteiger partial charge in [0.1, 0.15) is 24.4 Å². The minimum Gasteiger partial charge on any atom is -0.394 e. The molecule has 0 bridgehead atoms. The van der Waals surface area contributed by atoms with Crippen molar-refractivity contribution < 1.29 is 29.9 Å². The summed E-state index contributed by atoms with van der Waals surface area (Å²) in [5.41, 5.74) is 1.79. The van der Waals surface area contributed by atoms with Crippen molar-refractivity contribution in [1.29, 1.82) is 0 Å². The van der Waals surface area contributed by atoms with Crippen molar-refractivity contribution in [2.24, 2.45) is 17.3 Å². The summed E-state index contributed by atoms with van der Waals surface area (Å²) in [4.78, 5) is 0. The zero-order chi connectivity index (χ0) is 24.3. The first kappa shape index (κ1) is 27.0. The molecule has 1 saturated heterocycles. The number of hydrogen-bond acceptors (Lipinski definition) is 6. The Hall–Kier alpha value is -1.28. The molecular weight excluding hydrogens is 408 g/mol. The SMILES string of the molecule is C=C[C@@]1(C)CC[C@H](/C(C)=C/C=C/C(C)(C)O[C@@H]2O[C@H](CO)[C@H](O)[C@H](O)[C@H]2O)C[C@@H]1C(=C)C. The first-order valence-electron chi connectivity index (χ1n) is 11.5. The van der Waals surface area contributed by atoms with E-state index in [-0.39, 0.29) is 5.41 Å². The van der Waals surface area contributed by atoms with Crippen LogP contribution in [0.15, 0.2) is 48.6 Å². The number of rotatable bonds is 8. The van der Waals surface area contributed by atoms with Crippen molar-refractivity contribution in [3.63, 3.8) is 0 Å². The van der Waals surface area contributed by atoms with Gasteiger partial charge in [-0.05, 0) is 64.2 Å². The van der Waals surface area contributed by atoms with E-state index in [0.717, 1.165) is 19.3 Å². The molecule has 1 aliphatic carbocycles. The average Bonchev–Trinajstić information content (AvgIpc) is 2.73. The standard InChI is InChI=1S/C26H42O6/c1-8-26(7)13-11-18(14-19(26)16(2)3)17(4)10-9-12-25(5,6)32-24-23(30)22(29)21(28)20(15-27)31-24/h8-10,12,18-24,27-30H,1-2,11,13-15H2,3-7H3/b12-9+,17-10+/t18-,19+,20+,21-,22-,23+,24-,26-/m0/s1. The molecule has 1 heterocycles. The maximum Gasteiger partial charge on any atom is 0.187 e. The summed E-state index contributed by atoms with van der Waals surface area (Å²) < 4.78 is 11.3. The Bertz CT molecular complexity index is 724. The van der Waals surface area contributed by atoms with Crippen LogP contribution in [-0.2, 0) is 9.47 Å². The van der Waals surface area contributed by atoms with Crippen molar-refractivity contribution in [3.05, 3.63) is 48.6 Å². The molecule has 0 aromatic rings.